The van der Waals surface area contributed by atoms with Crippen molar-refractivity contribution in [2.45, 2.75) is 26.6 Å². The minimum Gasteiger partial charge on any atom is -0.484 e. The summed E-state index contributed by atoms with van der Waals surface area (Å²) >= 11 is 1.49. The van der Waals surface area contributed by atoms with E-state index in [9.17, 15) is 13.2 Å². The van der Waals surface area contributed by atoms with Crippen LogP contribution in [0.25, 0.3) is 0 Å². The maximum absolute atomic E-state index is 12.5. The fraction of sp³-hybridized carbons (Fsp3) is 0.308. The highest BCUT2D eigenvalue weighted by atomic mass is 32.1. The van der Waals surface area contributed by atoms with E-state index in [1.165, 1.54) is 17.4 Å². The molecule has 0 saturated carbocycles. The third kappa shape index (κ3) is 3.22. The Balaban J connectivity index is 2.10. The van der Waals surface area contributed by atoms with Crippen LogP contribution in [0.15, 0.2) is 18.2 Å². The normalized spacial score (nSPS) is 11.7. The number of nitrogen functional groups attached to an aromatic ring is 1. The Hall–Kier alpha value is -1.76. The number of ether oxygens (including phenoxy) is 1. The van der Waals surface area contributed by atoms with E-state index in [2.05, 4.69) is 4.98 Å². The van der Waals surface area contributed by atoms with Gasteiger partial charge in [0.2, 0.25) is 0 Å². The second-order valence-corrected chi connectivity index (χ2v) is 5.58. The van der Waals surface area contributed by atoms with Crippen molar-refractivity contribution < 1.29 is 17.9 Å². The molecule has 7 heteroatoms. The van der Waals surface area contributed by atoms with Crippen LogP contribution >= 0.6 is 11.3 Å². The average molecular weight is 302 g/mol. The van der Waals surface area contributed by atoms with Gasteiger partial charge in [0, 0.05) is 4.88 Å². The van der Waals surface area contributed by atoms with Crippen LogP contribution in [0, 0.1) is 13.8 Å². The lowest BCUT2D eigenvalue weighted by molar-refractivity contribution is -0.137. The molecule has 0 amide bonds. The molecule has 108 valence electrons. The summed E-state index contributed by atoms with van der Waals surface area (Å²) in [6.45, 7) is 4.03. The first kappa shape index (κ1) is 14.6. The zero-order valence-corrected chi connectivity index (χ0v) is 11.7. The number of alkyl halides is 3. The van der Waals surface area contributed by atoms with Gasteiger partial charge in [-0.3, -0.25) is 0 Å². The molecule has 0 atom stereocenters. The summed E-state index contributed by atoms with van der Waals surface area (Å²) in [5, 5.41) is 0.763. The highest BCUT2D eigenvalue weighted by Gasteiger charge is 2.30. The molecule has 0 aliphatic heterocycles. The second-order valence-electron chi connectivity index (χ2n) is 4.29. The van der Waals surface area contributed by atoms with Crippen LogP contribution in [0.4, 0.5) is 18.9 Å². The number of nitrogens with zero attached hydrogens (tertiary/aromatic N) is 1. The maximum atomic E-state index is 12.5. The van der Waals surface area contributed by atoms with E-state index in [1.54, 1.807) is 0 Å². The van der Waals surface area contributed by atoms with E-state index in [4.69, 9.17) is 10.5 Å². The van der Waals surface area contributed by atoms with Gasteiger partial charge >= 0.3 is 6.18 Å². The minimum atomic E-state index is -4.41. The van der Waals surface area contributed by atoms with Crippen LogP contribution < -0.4 is 10.5 Å². The van der Waals surface area contributed by atoms with Gasteiger partial charge in [0.1, 0.15) is 17.4 Å². The second kappa shape index (κ2) is 5.32. The number of aryl methyl sites for hydroxylation is 2. The quantitative estimate of drug-likeness (QED) is 0.874. The molecule has 1 heterocycles. The molecular formula is C13H13F3N2OS. The fourth-order valence-corrected chi connectivity index (χ4v) is 2.44. The van der Waals surface area contributed by atoms with Crippen molar-refractivity contribution in [3.63, 3.8) is 0 Å². The van der Waals surface area contributed by atoms with Gasteiger partial charge in [-0.25, -0.2) is 4.98 Å². The first-order valence-corrected chi connectivity index (χ1v) is 6.61. The first-order valence-electron chi connectivity index (χ1n) is 5.80. The number of hydrogen-bond donors (Lipinski definition) is 1. The summed E-state index contributed by atoms with van der Waals surface area (Å²) < 4.78 is 42.9. The number of aromatic nitrogens is 1. The summed E-state index contributed by atoms with van der Waals surface area (Å²) in [5.74, 6) is 0.225. The average Bonchev–Trinajstić information content (AvgIpc) is 2.66. The van der Waals surface area contributed by atoms with Crippen molar-refractivity contribution in [2.75, 3.05) is 5.73 Å². The highest BCUT2D eigenvalue weighted by Crippen LogP contribution is 2.34. The number of halogens is 3. The summed E-state index contributed by atoms with van der Waals surface area (Å²) in [5.41, 5.74) is 5.67. The molecule has 0 unspecified atom stereocenters. The molecule has 0 bridgehead atoms. The Labute approximate surface area is 118 Å². The van der Waals surface area contributed by atoms with E-state index in [1.807, 2.05) is 13.8 Å². The zero-order valence-electron chi connectivity index (χ0n) is 10.9. The van der Waals surface area contributed by atoms with Gasteiger partial charge in [-0.2, -0.15) is 13.2 Å². The minimum absolute atomic E-state index is 0.0372. The molecule has 0 aliphatic carbocycles. The van der Waals surface area contributed by atoms with Crippen LogP contribution in [-0.4, -0.2) is 4.98 Å². The molecule has 20 heavy (non-hydrogen) atoms. The van der Waals surface area contributed by atoms with Gasteiger partial charge in [0.15, 0.2) is 0 Å². The molecule has 0 saturated heterocycles. The van der Waals surface area contributed by atoms with E-state index in [-0.39, 0.29) is 18.0 Å². The van der Waals surface area contributed by atoms with Gasteiger partial charge in [-0.15, -0.1) is 11.3 Å². The van der Waals surface area contributed by atoms with E-state index < -0.39 is 11.7 Å². The van der Waals surface area contributed by atoms with Gasteiger partial charge < -0.3 is 10.5 Å². The molecule has 0 spiro atoms. The van der Waals surface area contributed by atoms with Crippen LogP contribution in [0.5, 0.6) is 5.75 Å². The SMILES string of the molecule is Cc1nc(COc2ccc(C(F)(F)F)cc2N)sc1C. The fourth-order valence-electron chi connectivity index (χ4n) is 1.60. The predicted molar refractivity (Wildman–Crippen MR) is 71.8 cm³/mol. The Bertz CT molecular complexity index is 603. The molecule has 2 N–H and O–H groups in total. The number of hydrogen-bond acceptors (Lipinski definition) is 4. The molecule has 1 aromatic carbocycles. The molecule has 2 aromatic rings. The van der Waals surface area contributed by atoms with Crippen molar-refractivity contribution in [1.82, 2.24) is 4.98 Å². The van der Waals surface area contributed by atoms with Gasteiger partial charge in [-0.1, -0.05) is 0 Å². The lowest BCUT2D eigenvalue weighted by Gasteiger charge is -2.11. The third-order valence-corrected chi connectivity index (χ3v) is 3.81. The van der Waals surface area contributed by atoms with Gasteiger partial charge in [-0.05, 0) is 32.0 Å². The summed E-state index contributed by atoms with van der Waals surface area (Å²) in [6.07, 6.45) is -4.41. The van der Waals surface area contributed by atoms with Crippen molar-refractivity contribution >= 4 is 17.0 Å². The van der Waals surface area contributed by atoms with E-state index in [0.29, 0.717) is 0 Å². The smallest absolute Gasteiger partial charge is 0.416 e. The molecular weight excluding hydrogens is 289 g/mol. The van der Waals surface area contributed by atoms with Crippen LogP contribution in [-0.2, 0) is 12.8 Å². The summed E-state index contributed by atoms with van der Waals surface area (Å²) in [7, 11) is 0. The molecule has 0 radical (unpaired) electrons. The number of benzene rings is 1. The monoisotopic (exact) mass is 302 g/mol. The molecule has 0 aliphatic rings. The van der Waals surface area contributed by atoms with Crippen molar-refractivity contribution in [1.29, 1.82) is 0 Å². The zero-order chi connectivity index (χ0) is 14.9. The molecule has 3 nitrogen and oxygen atoms in total. The number of nitrogens with two attached hydrogens (primary N) is 1. The molecule has 2 rings (SSSR count). The number of thiazole rings is 1. The predicted octanol–water partition coefficient (Wildman–Crippen LogP) is 3.94. The number of anilines is 1. The van der Waals surface area contributed by atoms with Crippen LogP contribution in [0.3, 0.4) is 0 Å². The van der Waals surface area contributed by atoms with E-state index >= 15 is 0 Å². The van der Waals surface area contributed by atoms with Crippen molar-refractivity contribution in [2.24, 2.45) is 0 Å². The van der Waals surface area contributed by atoms with E-state index in [0.717, 1.165) is 27.7 Å². The van der Waals surface area contributed by atoms with Gasteiger partial charge in [0.05, 0.1) is 16.9 Å². The Kier molecular flexibility index (Phi) is 3.89. The highest BCUT2D eigenvalue weighted by molar-refractivity contribution is 7.11. The first-order chi connectivity index (χ1) is 9.27. The Morgan fingerprint density at radius 1 is 1.30 bits per heavy atom. The Morgan fingerprint density at radius 3 is 2.50 bits per heavy atom. The summed E-state index contributed by atoms with van der Waals surface area (Å²) in [6, 6.07) is 3.04. The number of rotatable bonds is 3. The molecule has 1 aromatic heterocycles. The summed E-state index contributed by atoms with van der Waals surface area (Å²) in [4.78, 5) is 5.37. The third-order valence-electron chi connectivity index (χ3n) is 2.76. The maximum Gasteiger partial charge on any atom is 0.416 e. The largest absolute Gasteiger partial charge is 0.484 e. The lowest BCUT2D eigenvalue weighted by Crippen LogP contribution is -2.06. The van der Waals surface area contributed by atoms with Crippen LogP contribution in [0.2, 0.25) is 0 Å². The van der Waals surface area contributed by atoms with Gasteiger partial charge in [0.25, 0.3) is 0 Å². The Morgan fingerprint density at radius 2 is 2.00 bits per heavy atom. The van der Waals surface area contributed by atoms with Crippen molar-refractivity contribution in [3.05, 3.63) is 39.3 Å². The lowest BCUT2D eigenvalue weighted by atomic mass is 10.2. The standard InChI is InChI=1S/C13H13F3N2OS/c1-7-8(2)20-12(18-7)6-19-11-4-3-9(5-10(11)17)13(14,15)16/h3-5H,6,17H2,1-2H3. The topological polar surface area (TPSA) is 48.1 Å². The molecule has 0 fully saturated rings. The van der Waals surface area contributed by atoms with Crippen molar-refractivity contribution in [3.8, 4) is 5.75 Å². The van der Waals surface area contributed by atoms with Crippen LogP contribution in [0.1, 0.15) is 21.1 Å².